The highest BCUT2D eigenvalue weighted by molar-refractivity contribution is 5.83. The number of piperidine rings is 1. The van der Waals surface area contributed by atoms with Crippen LogP contribution in [0, 0.1) is 6.92 Å². The Bertz CT molecular complexity index is 1070. The molecule has 29 heavy (non-hydrogen) atoms. The minimum atomic E-state index is -0.210. The third kappa shape index (κ3) is 3.88. The van der Waals surface area contributed by atoms with Gasteiger partial charge in [0.2, 0.25) is 5.91 Å². The van der Waals surface area contributed by atoms with Crippen molar-refractivity contribution < 1.29 is 4.79 Å². The molecule has 1 aliphatic rings. The van der Waals surface area contributed by atoms with Gasteiger partial charge in [-0.1, -0.05) is 36.4 Å². The number of hydrogen-bond acceptors (Lipinski definition) is 4. The summed E-state index contributed by atoms with van der Waals surface area (Å²) in [6.45, 7) is 3.25. The Labute approximate surface area is 170 Å². The third-order valence-electron chi connectivity index (χ3n) is 5.87. The number of likely N-dealkylation sites (tertiary alicyclic amines) is 1. The van der Waals surface area contributed by atoms with E-state index in [9.17, 15) is 9.59 Å². The lowest BCUT2D eigenvalue weighted by Gasteiger charge is -2.37. The van der Waals surface area contributed by atoms with Crippen LogP contribution in [0.1, 0.15) is 18.5 Å². The lowest BCUT2D eigenvalue weighted by molar-refractivity contribution is -0.133. The fourth-order valence-corrected chi connectivity index (χ4v) is 4.12. The number of fused-ring (bicyclic) bond motifs is 1. The second-order valence-electron chi connectivity index (χ2n) is 7.65. The maximum absolute atomic E-state index is 12.8. The number of para-hydroxylation sites is 1. The highest BCUT2D eigenvalue weighted by Gasteiger charge is 2.26. The molecule has 0 spiro atoms. The quantitative estimate of drug-likeness (QED) is 0.687. The molecule has 0 atom stereocenters. The number of amides is 1. The summed E-state index contributed by atoms with van der Waals surface area (Å²) in [6, 6.07) is 18.1. The van der Waals surface area contributed by atoms with Crippen molar-refractivity contribution in [2.75, 3.05) is 25.0 Å². The van der Waals surface area contributed by atoms with Gasteiger partial charge in [0, 0.05) is 37.3 Å². The SMILES string of the molecule is Cc1nn(CC(=O)N2CCC(N(C)c3ccccc3)CC2)c(=O)c2ccccc12. The maximum Gasteiger partial charge on any atom is 0.275 e. The first-order valence-electron chi connectivity index (χ1n) is 10.1. The first-order valence-corrected chi connectivity index (χ1v) is 10.1. The number of carbonyl (C=O) groups excluding carboxylic acids is 1. The standard InChI is InChI=1S/C23H26N4O2/c1-17-20-10-6-7-11-21(20)23(29)27(24-17)16-22(28)26-14-12-19(13-15-26)25(2)18-8-4-3-5-9-18/h3-11,19H,12-16H2,1-2H3. The Balaban J connectivity index is 1.43. The second-order valence-corrected chi connectivity index (χ2v) is 7.65. The maximum atomic E-state index is 12.8. The molecule has 6 heteroatoms. The van der Waals surface area contributed by atoms with Gasteiger partial charge < -0.3 is 9.80 Å². The lowest BCUT2D eigenvalue weighted by Crippen LogP contribution is -2.47. The Kier molecular flexibility index (Phi) is 5.34. The number of aromatic nitrogens is 2. The van der Waals surface area contributed by atoms with Gasteiger partial charge in [-0.3, -0.25) is 9.59 Å². The molecule has 2 aromatic carbocycles. The highest BCUT2D eigenvalue weighted by Crippen LogP contribution is 2.22. The topological polar surface area (TPSA) is 58.4 Å². The van der Waals surface area contributed by atoms with Crippen molar-refractivity contribution in [3.05, 3.63) is 70.6 Å². The molecule has 3 aromatic rings. The summed E-state index contributed by atoms with van der Waals surface area (Å²) in [5, 5.41) is 5.81. The van der Waals surface area contributed by atoms with E-state index in [-0.39, 0.29) is 18.0 Å². The first-order chi connectivity index (χ1) is 14.0. The minimum Gasteiger partial charge on any atom is -0.371 e. The first kappa shape index (κ1) is 19.2. The normalized spacial score (nSPS) is 14.9. The Morgan fingerprint density at radius 3 is 2.34 bits per heavy atom. The zero-order valence-corrected chi connectivity index (χ0v) is 16.9. The smallest absolute Gasteiger partial charge is 0.275 e. The largest absolute Gasteiger partial charge is 0.371 e. The van der Waals surface area contributed by atoms with Crippen LogP contribution in [-0.4, -0.2) is 46.8 Å². The summed E-state index contributed by atoms with van der Waals surface area (Å²) in [4.78, 5) is 29.7. The van der Waals surface area contributed by atoms with Gasteiger partial charge in [-0.15, -0.1) is 0 Å². The van der Waals surface area contributed by atoms with Crippen molar-refractivity contribution in [2.45, 2.75) is 32.4 Å². The minimum absolute atomic E-state index is 0.0102. The van der Waals surface area contributed by atoms with Gasteiger partial charge in [-0.2, -0.15) is 5.10 Å². The van der Waals surface area contributed by atoms with E-state index >= 15 is 0 Å². The van der Waals surface area contributed by atoms with Crippen LogP contribution in [0.4, 0.5) is 5.69 Å². The van der Waals surface area contributed by atoms with E-state index < -0.39 is 0 Å². The number of benzene rings is 2. The molecule has 6 nitrogen and oxygen atoms in total. The molecule has 0 saturated carbocycles. The average Bonchev–Trinajstić information content (AvgIpc) is 2.77. The molecular weight excluding hydrogens is 364 g/mol. The molecule has 150 valence electrons. The summed E-state index contributed by atoms with van der Waals surface area (Å²) in [7, 11) is 2.11. The lowest BCUT2D eigenvalue weighted by atomic mass is 10.0. The Hall–Kier alpha value is -3.15. The molecule has 0 radical (unpaired) electrons. The fourth-order valence-electron chi connectivity index (χ4n) is 4.12. The van der Waals surface area contributed by atoms with Crippen LogP contribution in [0.3, 0.4) is 0 Å². The number of rotatable bonds is 4. The third-order valence-corrected chi connectivity index (χ3v) is 5.87. The van der Waals surface area contributed by atoms with Crippen molar-refractivity contribution in [1.82, 2.24) is 14.7 Å². The van der Waals surface area contributed by atoms with E-state index in [1.165, 1.54) is 10.4 Å². The van der Waals surface area contributed by atoms with E-state index in [1.54, 1.807) is 6.07 Å². The van der Waals surface area contributed by atoms with Crippen LogP contribution in [0.25, 0.3) is 10.8 Å². The second kappa shape index (κ2) is 8.07. The van der Waals surface area contributed by atoms with E-state index in [1.807, 2.05) is 48.2 Å². The number of aryl methyl sites for hydroxylation is 1. The number of carbonyl (C=O) groups is 1. The number of hydrogen-bond donors (Lipinski definition) is 0. The Morgan fingerprint density at radius 2 is 1.66 bits per heavy atom. The molecule has 1 aliphatic heterocycles. The highest BCUT2D eigenvalue weighted by atomic mass is 16.2. The fraction of sp³-hybridized carbons (Fsp3) is 0.348. The van der Waals surface area contributed by atoms with Crippen molar-refractivity contribution in [2.24, 2.45) is 0 Å². The van der Waals surface area contributed by atoms with Gasteiger partial charge in [-0.25, -0.2) is 4.68 Å². The van der Waals surface area contributed by atoms with Crippen LogP contribution in [0.2, 0.25) is 0 Å². The molecule has 0 N–H and O–H groups in total. The molecule has 2 heterocycles. The van der Waals surface area contributed by atoms with Crippen molar-refractivity contribution in [1.29, 1.82) is 0 Å². The van der Waals surface area contributed by atoms with E-state index in [4.69, 9.17) is 0 Å². The van der Waals surface area contributed by atoms with Gasteiger partial charge in [-0.05, 0) is 38.0 Å². The van der Waals surface area contributed by atoms with Crippen molar-refractivity contribution >= 4 is 22.4 Å². The summed E-state index contributed by atoms with van der Waals surface area (Å²) < 4.78 is 1.31. The van der Waals surface area contributed by atoms with E-state index in [0.717, 1.165) is 23.9 Å². The summed E-state index contributed by atoms with van der Waals surface area (Å²) in [5.41, 5.74) is 1.74. The van der Waals surface area contributed by atoms with Crippen LogP contribution in [0.5, 0.6) is 0 Å². The predicted molar refractivity (Wildman–Crippen MR) is 115 cm³/mol. The summed E-state index contributed by atoms with van der Waals surface area (Å²) in [5.74, 6) is -0.0462. The Morgan fingerprint density at radius 1 is 1.03 bits per heavy atom. The molecule has 0 bridgehead atoms. The average molecular weight is 390 g/mol. The van der Waals surface area contributed by atoms with Gasteiger partial charge in [0.25, 0.3) is 5.56 Å². The zero-order valence-electron chi connectivity index (χ0n) is 16.9. The van der Waals surface area contributed by atoms with Crippen LogP contribution < -0.4 is 10.5 Å². The monoisotopic (exact) mass is 390 g/mol. The molecule has 1 saturated heterocycles. The molecule has 4 rings (SSSR count). The molecule has 1 fully saturated rings. The number of nitrogens with zero attached hydrogens (tertiary/aromatic N) is 4. The van der Waals surface area contributed by atoms with Crippen LogP contribution in [-0.2, 0) is 11.3 Å². The van der Waals surface area contributed by atoms with Crippen LogP contribution in [0.15, 0.2) is 59.4 Å². The zero-order chi connectivity index (χ0) is 20.4. The number of anilines is 1. The van der Waals surface area contributed by atoms with Gasteiger partial charge in [0.15, 0.2) is 0 Å². The molecule has 0 aliphatic carbocycles. The van der Waals surface area contributed by atoms with Gasteiger partial charge in [0.1, 0.15) is 6.54 Å². The molecule has 1 amide bonds. The van der Waals surface area contributed by atoms with Crippen LogP contribution >= 0.6 is 0 Å². The van der Waals surface area contributed by atoms with Gasteiger partial charge in [0.05, 0.1) is 11.1 Å². The van der Waals surface area contributed by atoms with Crippen molar-refractivity contribution in [3.63, 3.8) is 0 Å². The molecule has 1 aromatic heterocycles. The predicted octanol–water partition coefficient (Wildman–Crippen LogP) is 2.83. The van der Waals surface area contributed by atoms with E-state index in [0.29, 0.717) is 24.5 Å². The summed E-state index contributed by atoms with van der Waals surface area (Å²) >= 11 is 0. The summed E-state index contributed by atoms with van der Waals surface area (Å²) in [6.07, 6.45) is 1.83. The van der Waals surface area contributed by atoms with Gasteiger partial charge >= 0.3 is 0 Å². The van der Waals surface area contributed by atoms with E-state index in [2.05, 4.69) is 29.2 Å². The van der Waals surface area contributed by atoms with Crippen molar-refractivity contribution in [3.8, 4) is 0 Å². The molecular formula is C23H26N4O2. The molecule has 0 unspecified atom stereocenters.